The van der Waals surface area contributed by atoms with Gasteiger partial charge in [-0.1, -0.05) is 34.1 Å². The molecule has 0 bridgehead atoms. The molecule has 7 nitrogen and oxygen atoms in total. The van der Waals surface area contributed by atoms with E-state index in [1.165, 1.54) is 4.31 Å². The molecule has 1 saturated heterocycles. The van der Waals surface area contributed by atoms with E-state index in [-0.39, 0.29) is 24.4 Å². The number of nitrogens with one attached hydrogen (secondary N) is 1. The summed E-state index contributed by atoms with van der Waals surface area (Å²) in [4.78, 5) is 12.5. The van der Waals surface area contributed by atoms with Crippen molar-refractivity contribution in [1.82, 2.24) is 9.62 Å². The Balaban J connectivity index is 1.28. The third kappa shape index (κ3) is 4.96. The van der Waals surface area contributed by atoms with E-state index in [0.29, 0.717) is 44.0 Å². The van der Waals surface area contributed by atoms with Crippen LogP contribution in [0, 0.1) is 5.92 Å². The zero-order chi connectivity index (χ0) is 21.1. The molecular weight excluding hydrogens is 472 g/mol. The van der Waals surface area contributed by atoms with E-state index in [1.54, 1.807) is 6.07 Å². The van der Waals surface area contributed by atoms with E-state index >= 15 is 0 Å². The molecule has 2 aromatic rings. The maximum atomic E-state index is 12.7. The molecule has 0 aromatic heterocycles. The summed E-state index contributed by atoms with van der Waals surface area (Å²) in [6.45, 7) is 1.34. The van der Waals surface area contributed by atoms with Gasteiger partial charge in [0.2, 0.25) is 22.7 Å². The normalized spacial score (nSPS) is 17.1. The SMILES string of the molecule is O=C(NCc1ccc2c(c1)OCO2)C1CCN(S(=O)(=O)Cc2cccc(Br)c2)CC1. The number of benzene rings is 2. The zero-order valence-electron chi connectivity index (χ0n) is 16.3. The fourth-order valence-corrected chi connectivity index (χ4v) is 5.71. The highest BCUT2D eigenvalue weighted by molar-refractivity contribution is 9.10. The molecule has 0 unspecified atom stereocenters. The lowest BCUT2D eigenvalue weighted by molar-refractivity contribution is -0.126. The molecule has 1 amide bonds. The van der Waals surface area contributed by atoms with Gasteiger partial charge in [-0.05, 0) is 48.2 Å². The molecule has 160 valence electrons. The van der Waals surface area contributed by atoms with Gasteiger partial charge >= 0.3 is 0 Å². The van der Waals surface area contributed by atoms with Gasteiger partial charge in [-0.3, -0.25) is 4.79 Å². The number of sulfonamides is 1. The monoisotopic (exact) mass is 494 g/mol. The summed E-state index contributed by atoms with van der Waals surface area (Å²) in [7, 11) is -3.41. The molecule has 0 aliphatic carbocycles. The van der Waals surface area contributed by atoms with Crippen LogP contribution in [0.4, 0.5) is 0 Å². The van der Waals surface area contributed by atoms with Gasteiger partial charge in [-0.25, -0.2) is 12.7 Å². The van der Waals surface area contributed by atoms with Crippen molar-refractivity contribution in [1.29, 1.82) is 0 Å². The van der Waals surface area contributed by atoms with Gasteiger partial charge in [0.25, 0.3) is 0 Å². The van der Waals surface area contributed by atoms with E-state index in [1.807, 2.05) is 36.4 Å². The molecule has 1 fully saturated rings. The number of hydrogen-bond acceptors (Lipinski definition) is 5. The van der Waals surface area contributed by atoms with Gasteiger partial charge < -0.3 is 14.8 Å². The molecular formula is C21H23BrN2O5S. The first kappa shape index (κ1) is 21.1. The van der Waals surface area contributed by atoms with E-state index in [2.05, 4.69) is 21.2 Å². The Morgan fingerprint density at radius 1 is 1.07 bits per heavy atom. The van der Waals surface area contributed by atoms with Crippen molar-refractivity contribution in [3.63, 3.8) is 0 Å². The average Bonchev–Trinajstić information content (AvgIpc) is 3.20. The number of fused-ring (bicyclic) bond motifs is 1. The van der Waals surface area contributed by atoms with Gasteiger partial charge in [0.15, 0.2) is 11.5 Å². The van der Waals surface area contributed by atoms with Crippen molar-refractivity contribution in [2.45, 2.75) is 25.1 Å². The smallest absolute Gasteiger partial charge is 0.231 e. The Labute approximate surface area is 184 Å². The first-order valence-corrected chi connectivity index (χ1v) is 12.2. The van der Waals surface area contributed by atoms with Crippen molar-refractivity contribution < 1.29 is 22.7 Å². The maximum Gasteiger partial charge on any atom is 0.231 e. The van der Waals surface area contributed by atoms with Crippen molar-refractivity contribution in [2.75, 3.05) is 19.9 Å². The van der Waals surface area contributed by atoms with Crippen LogP contribution in [0.2, 0.25) is 0 Å². The average molecular weight is 495 g/mol. The highest BCUT2D eigenvalue weighted by Crippen LogP contribution is 2.32. The van der Waals surface area contributed by atoms with Crippen LogP contribution in [0.3, 0.4) is 0 Å². The number of halogens is 1. The molecule has 2 heterocycles. The molecule has 2 aliphatic heterocycles. The molecule has 30 heavy (non-hydrogen) atoms. The maximum absolute atomic E-state index is 12.7. The van der Waals surface area contributed by atoms with Gasteiger partial charge in [0.1, 0.15) is 0 Å². The molecule has 0 spiro atoms. The van der Waals surface area contributed by atoms with E-state index in [9.17, 15) is 13.2 Å². The number of amides is 1. The quantitative estimate of drug-likeness (QED) is 0.666. The van der Waals surface area contributed by atoms with Gasteiger partial charge in [0, 0.05) is 30.0 Å². The number of hydrogen-bond donors (Lipinski definition) is 1. The van der Waals surface area contributed by atoms with Crippen LogP contribution in [-0.2, 0) is 27.1 Å². The second-order valence-corrected chi connectivity index (χ2v) is 10.3. The molecule has 9 heteroatoms. The minimum absolute atomic E-state index is 0.0343. The largest absolute Gasteiger partial charge is 0.454 e. The number of carbonyl (C=O) groups excluding carboxylic acids is 1. The standard InChI is InChI=1S/C21H23BrN2O5S/c22-18-3-1-2-16(10-18)13-30(26,27)24-8-6-17(7-9-24)21(25)23-12-15-4-5-19-20(11-15)29-14-28-19/h1-5,10-11,17H,6-9,12-14H2,(H,23,25). The third-order valence-corrected chi connectivity index (χ3v) is 7.70. The van der Waals surface area contributed by atoms with Crippen LogP contribution in [0.1, 0.15) is 24.0 Å². The van der Waals surface area contributed by atoms with Gasteiger partial charge in [0.05, 0.1) is 5.75 Å². The highest BCUT2D eigenvalue weighted by Gasteiger charge is 2.31. The Hall–Kier alpha value is -2.10. The fraction of sp³-hybridized carbons (Fsp3) is 0.381. The van der Waals surface area contributed by atoms with Gasteiger partial charge in [-0.15, -0.1) is 0 Å². The number of nitrogens with zero attached hydrogens (tertiary/aromatic N) is 1. The molecule has 2 aromatic carbocycles. The lowest BCUT2D eigenvalue weighted by atomic mass is 9.97. The summed E-state index contributed by atoms with van der Waals surface area (Å²) in [5.74, 6) is 1.13. The number of rotatable bonds is 6. The van der Waals surface area contributed by atoms with Crippen LogP contribution in [0.25, 0.3) is 0 Å². The Bertz CT molecular complexity index is 1040. The van der Waals surface area contributed by atoms with Crippen LogP contribution < -0.4 is 14.8 Å². The fourth-order valence-electron chi connectivity index (χ4n) is 3.71. The van der Waals surface area contributed by atoms with Gasteiger partial charge in [-0.2, -0.15) is 0 Å². The number of carbonyl (C=O) groups is 1. The van der Waals surface area contributed by atoms with E-state index in [0.717, 1.165) is 15.6 Å². The summed E-state index contributed by atoms with van der Waals surface area (Å²) in [5.41, 5.74) is 1.68. The Kier molecular flexibility index (Phi) is 6.31. The predicted octanol–water partition coefficient (Wildman–Crippen LogP) is 3.04. The zero-order valence-corrected chi connectivity index (χ0v) is 18.7. The summed E-state index contributed by atoms with van der Waals surface area (Å²) in [6, 6.07) is 12.9. The number of ether oxygens (including phenoxy) is 2. The van der Waals surface area contributed by atoms with Crippen molar-refractivity contribution in [2.24, 2.45) is 5.92 Å². The van der Waals surface area contributed by atoms with Crippen molar-refractivity contribution >= 4 is 31.9 Å². The van der Waals surface area contributed by atoms with Crippen molar-refractivity contribution in [3.8, 4) is 11.5 Å². The lowest BCUT2D eigenvalue weighted by Crippen LogP contribution is -2.43. The molecule has 1 N–H and O–H groups in total. The molecule has 4 rings (SSSR count). The van der Waals surface area contributed by atoms with Crippen molar-refractivity contribution in [3.05, 3.63) is 58.1 Å². The molecule has 2 aliphatic rings. The summed E-state index contributed by atoms with van der Waals surface area (Å²) in [5, 5.41) is 2.95. The van der Waals surface area contributed by atoms with Crippen LogP contribution in [-0.4, -0.2) is 38.5 Å². The van der Waals surface area contributed by atoms with Crippen LogP contribution in [0.5, 0.6) is 11.5 Å². The Morgan fingerprint density at radius 3 is 2.60 bits per heavy atom. The summed E-state index contributed by atoms with van der Waals surface area (Å²) >= 11 is 3.37. The number of piperidine rings is 1. The molecule has 0 atom stereocenters. The van der Waals surface area contributed by atoms with Crippen LogP contribution in [0.15, 0.2) is 46.9 Å². The van der Waals surface area contributed by atoms with E-state index < -0.39 is 10.0 Å². The Morgan fingerprint density at radius 2 is 1.83 bits per heavy atom. The second-order valence-electron chi connectivity index (χ2n) is 7.46. The lowest BCUT2D eigenvalue weighted by Gasteiger charge is -2.30. The molecule has 0 saturated carbocycles. The first-order valence-electron chi connectivity index (χ1n) is 9.79. The minimum Gasteiger partial charge on any atom is -0.454 e. The highest BCUT2D eigenvalue weighted by atomic mass is 79.9. The molecule has 0 radical (unpaired) electrons. The van der Waals surface area contributed by atoms with Crippen LogP contribution >= 0.6 is 15.9 Å². The first-order chi connectivity index (χ1) is 14.4. The summed E-state index contributed by atoms with van der Waals surface area (Å²) < 4.78 is 38.5. The topological polar surface area (TPSA) is 84.9 Å². The van der Waals surface area contributed by atoms with E-state index in [4.69, 9.17) is 9.47 Å². The third-order valence-electron chi connectivity index (χ3n) is 5.36. The predicted molar refractivity (Wildman–Crippen MR) is 115 cm³/mol. The minimum atomic E-state index is -3.41. The summed E-state index contributed by atoms with van der Waals surface area (Å²) in [6.07, 6.45) is 1.04. The second kappa shape index (κ2) is 8.95.